The Kier molecular flexibility index (Phi) is 12.2. The van der Waals surface area contributed by atoms with Crippen LogP contribution in [0.5, 0.6) is 11.5 Å². The van der Waals surface area contributed by atoms with Crippen molar-refractivity contribution in [2.24, 2.45) is 10.9 Å². The number of nitrogens with one attached hydrogen (secondary N) is 2. The van der Waals surface area contributed by atoms with Crippen molar-refractivity contribution in [2.75, 3.05) is 37.1 Å². The highest BCUT2D eigenvalue weighted by atomic mass is 16.6. The van der Waals surface area contributed by atoms with E-state index in [0.717, 1.165) is 0 Å². The fourth-order valence-corrected chi connectivity index (χ4v) is 5.24. The monoisotopic (exact) mass is 672 g/mol. The number of allylic oxidation sites excluding steroid dienone is 1. The first-order chi connectivity index (χ1) is 23.4. The molecular formula is C35H36N4O10. The van der Waals surface area contributed by atoms with Crippen molar-refractivity contribution >= 4 is 46.5 Å². The smallest absolute Gasteiger partial charge is 0.336 e. The molecule has 0 fully saturated rings. The van der Waals surface area contributed by atoms with Crippen molar-refractivity contribution in [3.8, 4) is 11.5 Å². The molecule has 1 aliphatic heterocycles. The van der Waals surface area contributed by atoms with Crippen LogP contribution in [-0.2, 0) is 28.7 Å². The number of non-ortho nitro benzene ring substituents is 1. The summed E-state index contributed by atoms with van der Waals surface area (Å²) in [4.78, 5) is 65.2. The fourth-order valence-electron chi connectivity index (χ4n) is 5.24. The molecule has 49 heavy (non-hydrogen) atoms. The SMILES string of the molecule is CC(=O)Nc1ccc(OCCOC(=O)C2=C(C)N=C(C)C(C(=O)OCCOc3ccc(NC(C)=O)cc3)C2c2cccc([N+](=O)[O-])c2)cc1. The molecule has 0 radical (unpaired) electrons. The van der Waals surface area contributed by atoms with E-state index < -0.39 is 28.7 Å². The lowest BCUT2D eigenvalue weighted by Crippen LogP contribution is -2.37. The Labute approximate surface area is 282 Å². The van der Waals surface area contributed by atoms with Crippen LogP contribution in [0.3, 0.4) is 0 Å². The molecule has 256 valence electrons. The van der Waals surface area contributed by atoms with Crippen molar-refractivity contribution in [3.63, 3.8) is 0 Å². The number of nitrogens with zero attached hydrogens (tertiary/aromatic N) is 2. The third-order valence-corrected chi connectivity index (χ3v) is 7.27. The number of ether oxygens (including phenoxy) is 4. The number of esters is 2. The molecule has 0 aromatic heterocycles. The topological polar surface area (TPSA) is 185 Å². The number of benzene rings is 3. The highest BCUT2D eigenvalue weighted by molar-refractivity contribution is 6.07. The van der Waals surface area contributed by atoms with Gasteiger partial charge in [-0.25, -0.2) is 4.79 Å². The first kappa shape index (κ1) is 35.8. The number of carbonyl (C=O) groups is 4. The van der Waals surface area contributed by atoms with E-state index in [0.29, 0.717) is 39.8 Å². The minimum absolute atomic E-state index is 0.00274. The molecule has 1 aliphatic rings. The minimum atomic E-state index is -1.09. The molecule has 1 heterocycles. The van der Waals surface area contributed by atoms with Gasteiger partial charge in [-0.1, -0.05) is 12.1 Å². The second-order valence-corrected chi connectivity index (χ2v) is 11.0. The molecule has 0 saturated carbocycles. The molecule has 0 bridgehead atoms. The highest BCUT2D eigenvalue weighted by Crippen LogP contribution is 2.41. The summed E-state index contributed by atoms with van der Waals surface area (Å²) in [6.45, 7) is 5.76. The maximum absolute atomic E-state index is 13.6. The van der Waals surface area contributed by atoms with Crippen LogP contribution < -0.4 is 20.1 Å². The average molecular weight is 673 g/mol. The second-order valence-electron chi connectivity index (χ2n) is 11.0. The van der Waals surface area contributed by atoms with Crippen molar-refractivity contribution in [2.45, 2.75) is 33.6 Å². The minimum Gasteiger partial charge on any atom is -0.490 e. The van der Waals surface area contributed by atoms with E-state index in [-0.39, 0.29) is 49.5 Å². The third kappa shape index (κ3) is 9.97. The van der Waals surface area contributed by atoms with Gasteiger partial charge in [0.25, 0.3) is 5.69 Å². The third-order valence-electron chi connectivity index (χ3n) is 7.27. The Hall–Kier alpha value is -6.05. The number of aliphatic imine (C=N–C) groups is 1. The van der Waals surface area contributed by atoms with Crippen LogP contribution in [0.2, 0.25) is 0 Å². The van der Waals surface area contributed by atoms with Crippen molar-refractivity contribution in [3.05, 3.63) is 99.7 Å². The normalized spacial score (nSPS) is 15.4. The van der Waals surface area contributed by atoms with E-state index in [1.165, 1.54) is 32.0 Å². The van der Waals surface area contributed by atoms with Gasteiger partial charge < -0.3 is 29.6 Å². The molecule has 14 heteroatoms. The standard InChI is InChI=1S/C35H36N4O10/c1-21-31(34(42)48-18-16-46-29-12-8-26(9-13-29)37-23(3)40)33(25-6-5-7-28(20-25)39(44)45)32(22(2)36-21)35(43)49-19-17-47-30-14-10-27(11-15-30)38-24(4)41/h5-15,20,31,33H,16-19H2,1-4H3,(H,37,40)(H,38,41). The number of hydrogen-bond donors (Lipinski definition) is 2. The first-order valence-corrected chi connectivity index (χ1v) is 15.3. The molecular weight excluding hydrogens is 636 g/mol. The fraction of sp³-hybridized carbons (Fsp3) is 0.286. The van der Waals surface area contributed by atoms with E-state index in [1.807, 2.05) is 0 Å². The van der Waals surface area contributed by atoms with Crippen LogP contribution in [-0.4, -0.2) is 60.8 Å². The van der Waals surface area contributed by atoms with E-state index in [9.17, 15) is 29.3 Å². The Bertz CT molecular complexity index is 1770. The average Bonchev–Trinajstić information content (AvgIpc) is 3.05. The van der Waals surface area contributed by atoms with Crippen LogP contribution in [0, 0.1) is 16.0 Å². The summed E-state index contributed by atoms with van der Waals surface area (Å²) in [5, 5.41) is 16.9. The second kappa shape index (κ2) is 16.7. The summed E-state index contributed by atoms with van der Waals surface area (Å²) in [7, 11) is 0. The molecule has 0 spiro atoms. The maximum atomic E-state index is 13.6. The zero-order chi connectivity index (χ0) is 35.5. The molecule has 3 aromatic rings. The van der Waals surface area contributed by atoms with Gasteiger partial charge in [0.05, 0.1) is 10.5 Å². The molecule has 14 nitrogen and oxygen atoms in total. The molecule has 3 aromatic carbocycles. The lowest BCUT2D eigenvalue weighted by Gasteiger charge is -2.31. The number of nitro benzene ring substituents is 1. The predicted molar refractivity (Wildman–Crippen MR) is 180 cm³/mol. The molecule has 2 amide bonds. The summed E-state index contributed by atoms with van der Waals surface area (Å²) in [5.41, 5.74) is 2.03. The number of amides is 2. The molecule has 2 atom stereocenters. The van der Waals surface area contributed by atoms with Crippen LogP contribution in [0.4, 0.5) is 17.1 Å². The Morgan fingerprint density at radius 2 is 1.31 bits per heavy atom. The molecule has 0 saturated heterocycles. The zero-order valence-electron chi connectivity index (χ0n) is 27.4. The van der Waals surface area contributed by atoms with Gasteiger partial charge in [0.15, 0.2) is 0 Å². The Morgan fingerprint density at radius 3 is 1.82 bits per heavy atom. The van der Waals surface area contributed by atoms with Gasteiger partial charge in [-0.2, -0.15) is 0 Å². The Morgan fingerprint density at radius 1 is 0.776 bits per heavy atom. The zero-order valence-corrected chi connectivity index (χ0v) is 27.4. The van der Waals surface area contributed by atoms with Gasteiger partial charge in [0, 0.05) is 54.7 Å². The highest BCUT2D eigenvalue weighted by Gasteiger charge is 2.43. The largest absolute Gasteiger partial charge is 0.490 e. The van der Waals surface area contributed by atoms with Crippen molar-refractivity contribution in [1.29, 1.82) is 0 Å². The van der Waals surface area contributed by atoms with Gasteiger partial charge in [-0.05, 0) is 67.9 Å². The van der Waals surface area contributed by atoms with E-state index >= 15 is 0 Å². The number of carbonyl (C=O) groups excluding carboxylic acids is 4. The van der Waals surface area contributed by atoms with E-state index in [1.54, 1.807) is 68.4 Å². The van der Waals surface area contributed by atoms with Crippen LogP contribution >= 0.6 is 0 Å². The summed E-state index contributed by atoms with van der Waals surface area (Å²) in [5.74, 6) is -2.99. The molecule has 2 unspecified atom stereocenters. The van der Waals surface area contributed by atoms with Gasteiger partial charge >= 0.3 is 11.9 Å². The molecule has 2 N–H and O–H groups in total. The summed E-state index contributed by atoms with van der Waals surface area (Å²) < 4.78 is 22.4. The number of nitro groups is 1. The first-order valence-electron chi connectivity index (χ1n) is 15.3. The Balaban J connectivity index is 1.45. The summed E-state index contributed by atoms with van der Waals surface area (Å²) in [6.07, 6.45) is 0. The van der Waals surface area contributed by atoms with Crippen molar-refractivity contribution in [1.82, 2.24) is 0 Å². The van der Waals surface area contributed by atoms with Gasteiger partial charge in [0.2, 0.25) is 11.8 Å². The maximum Gasteiger partial charge on any atom is 0.336 e. The predicted octanol–water partition coefficient (Wildman–Crippen LogP) is 5.20. The van der Waals surface area contributed by atoms with Crippen LogP contribution in [0.15, 0.2) is 89.1 Å². The summed E-state index contributed by atoms with van der Waals surface area (Å²) >= 11 is 0. The van der Waals surface area contributed by atoms with Gasteiger partial charge in [0.1, 0.15) is 43.8 Å². The van der Waals surface area contributed by atoms with E-state index in [4.69, 9.17) is 18.9 Å². The number of rotatable bonds is 14. The number of hydrogen-bond acceptors (Lipinski definition) is 11. The molecule has 0 aliphatic carbocycles. The number of anilines is 2. The lowest BCUT2D eigenvalue weighted by molar-refractivity contribution is -0.384. The van der Waals surface area contributed by atoms with Gasteiger partial charge in [-0.3, -0.25) is 29.5 Å². The quantitative estimate of drug-likeness (QED) is 0.0998. The lowest BCUT2D eigenvalue weighted by atomic mass is 9.75. The van der Waals surface area contributed by atoms with Crippen LogP contribution in [0.1, 0.15) is 39.2 Å². The van der Waals surface area contributed by atoms with Gasteiger partial charge in [-0.15, -0.1) is 0 Å². The van der Waals surface area contributed by atoms with Crippen LogP contribution in [0.25, 0.3) is 0 Å². The van der Waals surface area contributed by atoms with E-state index in [2.05, 4.69) is 15.6 Å². The van der Waals surface area contributed by atoms with Crippen molar-refractivity contribution < 1.29 is 43.0 Å². The molecule has 4 rings (SSSR count). The summed E-state index contributed by atoms with van der Waals surface area (Å²) in [6, 6.07) is 19.0.